The van der Waals surface area contributed by atoms with Crippen LogP contribution in [0.25, 0.3) is 0 Å². The molecule has 0 aliphatic heterocycles. The summed E-state index contributed by atoms with van der Waals surface area (Å²) in [6.07, 6.45) is 0. The van der Waals surface area contributed by atoms with Crippen molar-refractivity contribution < 1.29 is 10.0 Å². The Hall–Kier alpha value is -0.505. The lowest BCUT2D eigenvalue weighted by Crippen LogP contribution is -1.77. The summed E-state index contributed by atoms with van der Waals surface area (Å²) >= 11 is 5.88. The highest BCUT2D eigenvalue weighted by molar-refractivity contribution is 6.32. The van der Waals surface area contributed by atoms with Crippen LogP contribution in [0.15, 0.2) is 18.2 Å². The van der Waals surface area contributed by atoms with Crippen LogP contribution < -0.4 is 0 Å². The van der Waals surface area contributed by atoms with Crippen molar-refractivity contribution in [2.45, 2.75) is 13.8 Å². The Kier molecular flexibility index (Phi) is 5.81. The maximum atomic E-state index is 7.12. The highest BCUT2D eigenvalue weighted by atomic mass is 35.5. The van der Waals surface area contributed by atoms with Crippen LogP contribution in [0.3, 0.4) is 0 Å². The second-order valence-corrected chi connectivity index (χ2v) is 2.73. The van der Waals surface area contributed by atoms with Gasteiger partial charge in [-0.05, 0) is 25.0 Å². The molecular weight excluding hydrogens is 174 g/mol. The van der Waals surface area contributed by atoms with Crippen molar-refractivity contribution in [2.75, 3.05) is 0 Å². The first-order valence-electron chi connectivity index (χ1n) is 3.57. The van der Waals surface area contributed by atoms with E-state index >= 15 is 0 Å². The molecule has 1 rings (SSSR count). The molecule has 2 nitrogen and oxygen atoms in total. The van der Waals surface area contributed by atoms with Gasteiger partial charge in [-0.1, -0.05) is 29.8 Å². The first-order valence-corrected chi connectivity index (χ1v) is 3.94. The summed E-state index contributed by atoms with van der Waals surface area (Å²) in [7, 11) is -0.750. The SMILES string of the molecule is Cc1cccc(C)c1Cl.OBO. The number of aryl methyl sites for hydroxylation is 2. The molecule has 0 saturated carbocycles. The van der Waals surface area contributed by atoms with Gasteiger partial charge in [0.2, 0.25) is 0 Å². The van der Waals surface area contributed by atoms with Crippen LogP contribution in [0.2, 0.25) is 5.02 Å². The number of hydrogen-bond acceptors (Lipinski definition) is 2. The molecule has 0 amide bonds. The van der Waals surface area contributed by atoms with Gasteiger partial charge in [-0.15, -0.1) is 0 Å². The van der Waals surface area contributed by atoms with E-state index in [0.717, 1.165) is 16.1 Å². The van der Waals surface area contributed by atoms with Gasteiger partial charge in [-0.3, -0.25) is 0 Å². The number of hydrogen-bond donors (Lipinski definition) is 2. The molecule has 0 atom stereocenters. The van der Waals surface area contributed by atoms with E-state index in [9.17, 15) is 0 Å². The Morgan fingerprint density at radius 2 is 1.50 bits per heavy atom. The third kappa shape index (κ3) is 3.76. The van der Waals surface area contributed by atoms with Crippen LogP contribution in [-0.2, 0) is 0 Å². The summed E-state index contributed by atoms with van der Waals surface area (Å²) in [4.78, 5) is 0. The summed E-state index contributed by atoms with van der Waals surface area (Å²) in [6, 6.07) is 6.03. The second kappa shape index (κ2) is 6.06. The normalized spacial score (nSPS) is 8.42. The average Bonchev–Trinajstić information content (AvgIpc) is 2.02. The standard InChI is InChI=1S/C8H9Cl.BH3O2/c1-6-4-3-5-7(2)8(6)9;2-1-3/h3-5H,1-2H3;1-3H. The molecule has 0 aliphatic rings. The minimum atomic E-state index is -0.750. The molecule has 0 saturated heterocycles. The van der Waals surface area contributed by atoms with E-state index in [4.69, 9.17) is 21.6 Å². The third-order valence-corrected chi connectivity index (χ3v) is 1.98. The van der Waals surface area contributed by atoms with Crippen LogP contribution in [0.1, 0.15) is 11.1 Å². The number of benzene rings is 1. The molecule has 1 aromatic rings. The number of halogens is 1. The van der Waals surface area contributed by atoms with Gasteiger partial charge in [0, 0.05) is 5.02 Å². The van der Waals surface area contributed by atoms with Crippen molar-refractivity contribution in [1.82, 2.24) is 0 Å². The molecular formula is C8H12BClO2. The highest BCUT2D eigenvalue weighted by Crippen LogP contribution is 2.18. The van der Waals surface area contributed by atoms with Gasteiger partial charge in [0.05, 0.1) is 0 Å². The van der Waals surface area contributed by atoms with Crippen molar-refractivity contribution >= 4 is 19.3 Å². The quantitative estimate of drug-likeness (QED) is 0.598. The zero-order valence-electron chi connectivity index (χ0n) is 7.21. The molecule has 0 heterocycles. The first kappa shape index (κ1) is 11.5. The average molecular weight is 186 g/mol. The van der Waals surface area contributed by atoms with Gasteiger partial charge in [-0.25, -0.2) is 0 Å². The molecule has 66 valence electrons. The summed E-state index contributed by atoms with van der Waals surface area (Å²) in [6.45, 7) is 4.02. The monoisotopic (exact) mass is 186 g/mol. The van der Waals surface area contributed by atoms with Crippen molar-refractivity contribution in [3.63, 3.8) is 0 Å². The van der Waals surface area contributed by atoms with E-state index < -0.39 is 7.69 Å². The molecule has 0 radical (unpaired) electrons. The molecule has 1 aromatic carbocycles. The van der Waals surface area contributed by atoms with Gasteiger partial charge in [0.15, 0.2) is 0 Å². The van der Waals surface area contributed by atoms with E-state index in [2.05, 4.69) is 0 Å². The fraction of sp³-hybridized carbons (Fsp3) is 0.250. The lowest BCUT2D eigenvalue weighted by Gasteiger charge is -1.98. The minimum Gasteiger partial charge on any atom is -0.430 e. The molecule has 0 aromatic heterocycles. The smallest absolute Gasteiger partial charge is 0.430 e. The van der Waals surface area contributed by atoms with Crippen molar-refractivity contribution in [3.8, 4) is 0 Å². The van der Waals surface area contributed by atoms with Crippen LogP contribution in [0.5, 0.6) is 0 Å². The van der Waals surface area contributed by atoms with E-state index in [1.165, 1.54) is 0 Å². The second-order valence-electron chi connectivity index (χ2n) is 2.35. The third-order valence-electron chi connectivity index (χ3n) is 1.38. The first-order chi connectivity index (χ1) is 5.63. The van der Waals surface area contributed by atoms with Crippen molar-refractivity contribution in [1.29, 1.82) is 0 Å². The Morgan fingerprint density at radius 1 is 1.17 bits per heavy atom. The van der Waals surface area contributed by atoms with Gasteiger partial charge in [-0.2, -0.15) is 0 Å². The van der Waals surface area contributed by atoms with E-state index in [1.807, 2.05) is 32.0 Å². The summed E-state index contributed by atoms with van der Waals surface area (Å²) in [5, 5.41) is 15.1. The Morgan fingerprint density at radius 3 is 1.75 bits per heavy atom. The molecule has 4 heteroatoms. The molecule has 12 heavy (non-hydrogen) atoms. The lowest BCUT2D eigenvalue weighted by atomic mass is 10.2. The zero-order chi connectivity index (χ0) is 9.56. The lowest BCUT2D eigenvalue weighted by molar-refractivity contribution is 0.448. The summed E-state index contributed by atoms with van der Waals surface area (Å²) < 4.78 is 0. The number of rotatable bonds is 0. The molecule has 0 unspecified atom stereocenters. The maximum absolute atomic E-state index is 7.12. The fourth-order valence-corrected chi connectivity index (χ4v) is 0.920. The molecule has 2 N–H and O–H groups in total. The molecule has 0 fully saturated rings. The zero-order valence-corrected chi connectivity index (χ0v) is 7.97. The molecule has 0 aliphatic carbocycles. The topological polar surface area (TPSA) is 40.5 Å². The summed E-state index contributed by atoms with van der Waals surface area (Å²) in [5.74, 6) is 0. The van der Waals surface area contributed by atoms with Crippen LogP contribution >= 0.6 is 11.6 Å². The Balaban J connectivity index is 0.000000354. The van der Waals surface area contributed by atoms with Crippen LogP contribution in [0.4, 0.5) is 0 Å². The van der Waals surface area contributed by atoms with Gasteiger partial charge < -0.3 is 10.0 Å². The van der Waals surface area contributed by atoms with Gasteiger partial charge in [0.25, 0.3) is 0 Å². The van der Waals surface area contributed by atoms with Crippen molar-refractivity contribution in [2.24, 2.45) is 0 Å². The van der Waals surface area contributed by atoms with Crippen molar-refractivity contribution in [3.05, 3.63) is 34.3 Å². The highest BCUT2D eigenvalue weighted by Gasteiger charge is 1.94. The minimum absolute atomic E-state index is 0.750. The summed E-state index contributed by atoms with van der Waals surface area (Å²) in [5.41, 5.74) is 2.30. The molecule has 0 bridgehead atoms. The van der Waals surface area contributed by atoms with Gasteiger partial charge in [0.1, 0.15) is 0 Å². The predicted octanol–water partition coefficient (Wildman–Crippen LogP) is 1.19. The fourth-order valence-electron chi connectivity index (χ4n) is 0.794. The van der Waals surface area contributed by atoms with Crippen LogP contribution in [0, 0.1) is 13.8 Å². The van der Waals surface area contributed by atoms with E-state index in [0.29, 0.717) is 0 Å². The van der Waals surface area contributed by atoms with Crippen LogP contribution in [-0.4, -0.2) is 17.7 Å². The molecule has 0 spiro atoms. The van der Waals surface area contributed by atoms with Gasteiger partial charge >= 0.3 is 7.69 Å². The maximum Gasteiger partial charge on any atom is 0.432 e. The van der Waals surface area contributed by atoms with E-state index in [-0.39, 0.29) is 0 Å². The Labute approximate surface area is 78.1 Å². The van der Waals surface area contributed by atoms with E-state index in [1.54, 1.807) is 0 Å². The Bertz CT molecular complexity index is 220. The predicted molar refractivity (Wildman–Crippen MR) is 52.5 cm³/mol. The largest absolute Gasteiger partial charge is 0.432 e.